The molecule has 0 aliphatic heterocycles. The third-order valence-electron chi connectivity index (χ3n) is 12.6. The SMILES string of the molecule is Cc1cc(N(c2ccccc2)c2cc([Si](C)(C)C)cc([Si](C)(C)C)c2)c2ccc3c(C)cc(N(c4ccccc4)c4cc([Si](C)(C)C)cc([Si](C)(C)C)c4)c4ccc1c2c34. The van der Waals surface area contributed by atoms with Crippen molar-refractivity contribution in [3.63, 3.8) is 0 Å². The monoisotopic (exact) mass is 852 g/mol. The Morgan fingerprint density at radius 3 is 0.867 bits per heavy atom. The molecule has 6 heteroatoms. The second-order valence-corrected chi connectivity index (χ2v) is 41.7. The molecule has 0 aliphatic rings. The highest BCUT2D eigenvalue weighted by Gasteiger charge is 2.29. The van der Waals surface area contributed by atoms with Gasteiger partial charge in [0.2, 0.25) is 0 Å². The summed E-state index contributed by atoms with van der Waals surface area (Å²) in [6.07, 6.45) is 0. The Bertz CT molecular complexity index is 2610. The molecule has 0 aliphatic carbocycles. The third kappa shape index (κ3) is 7.72. The first-order chi connectivity index (χ1) is 28.1. The fraction of sp³-hybridized carbons (Fsp3) is 0.259. The molecule has 0 fully saturated rings. The Morgan fingerprint density at radius 1 is 0.300 bits per heavy atom. The minimum absolute atomic E-state index is 1.19. The van der Waals surface area contributed by atoms with Gasteiger partial charge < -0.3 is 9.80 Å². The lowest BCUT2D eigenvalue weighted by Crippen LogP contribution is -2.45. The van der Waals surface area contributed by atoms with Gasteiger partial charge in [0.15, 0.2) is 0 Å². The van der Waals surface area contributed by atoms with Crippen LogP contribution in [0.15, 0.2) is 133 Å². The number of para-hydroxylation sites is 2. The van der Waals surface area contributed by atoms with Gasteiger partial charge in [-0.15, -0.1) is 0 Å². The highest BCUT2D eigenvalue weighted by Crippen LogP contribution is 2.49. The van der Waals surface area contributed by atoms with Crippen LogP contribution in [0, 0.1) is 13.8 Å². The van der Waals surface area contributed by atoms with Crippen molar-refractivity contribution in [2.75, 3.05) is 9.80 Å². The van der Waals surface area contributed by atoms with E-state index >= 15 is 0 Å². The molecule has 0 aromatic heterocycles. The molecule has 0 unspecified atom stereocenters. The van der Waals surface area contributed by atoms with E-state index in [0.717, 1.165) is 0 Å². The summed E-state index contributed by atoms with van der Waals surface area (Å²) in [6, 6.07) is 51.8. The summed E-state index contributed by atoms with van der Waals surface area (Å²) in [4.78, 5) is 5.13. The predicted molar refractivity (Wildman–Crippen MR) is 281 cm³/mol. The van der Waals surface area contributed by atoms with Gasteiger partial charge in [0, 0.05) is 33.5 Å². The maximum absolute atomic E-state index is 2.57. The van der Waals surface area contributed by atoms with Crippen LogP contribution >= 0.6 is 0 Å². The largest absolute Gasteiger partial charge is 0.310 e. The Hall–Kier alpha value is -4.73. The van der Waals surface area contributed by atoms with E-state index in [2.05, 4.69) is 236 Å². The number of rotatable bonds is 10. The highest BCUT2D eigenvalue weighted by atomic mass is 28.3. The van der Waals surface area contributed by atoms with E-state index in [1.54, 1.807) is 0 Å². The van der Waals surface area contributed by atoms with Gasteiger partial charge in [0.1, 0.15) is 0 Å². The smallest absolute Gasteiger partial charge is 0.0776 e. The van der Waals surface area contributed by atoms with Crippen molar-refractivity contribution >= 4 is 119 Å². The van der Waals surface area contributed by atoms with Crippen LogP contribution in [0.1, 0.15) is 11.1 Å². The van der Waals surface area contributed by atoms with Gasteiger partial charge in [0.25, 0.3) is 0 Å². The molecule has 60 heavy (non-hydrogen) atoms. The summed E-state index contributed by atoms with van der Waals surface area (Å²) in [7, 11) is -6.61. The minimum atomic E-state index is -1.65. The number of anilines is 6. The lowest BCUT2D eigenvalue weighted by Gasteiger charge is -2.33. The molecular weight excluding hydrogens is 789 g/mol. The van der Waals surface area contributed by atoms with Crippen LogP contribution in [-0.2, 0) is 0 Å². The minimum Gasteiger partial charge on any atom is -0.310 e. The van der Waals surface area contributed by atoms with Crippen molar-refractivity contribution in [3.8, 4) is 0 Å². The summed E-state index contributed by atoms with van der Waals surface area (Å²) >= 11 is 0. The van der Waals surface area contributed by atoms with Crippen LogP contribution in [0.2, 0.25) is 78.6 Å². The third-order valence-corrected chi connectivity index (χ3v) is 20.7. The zero-order chi connectivity index (χ0) is 43.1. The Morgan fingerprint density at radius 2 is 0.583 bits per heavy atom. The van der Waals surface area contributed by atoms with Gasteiger partial charge in [-0.2, -0.15) is 0 Å². The number of hydrogen-bond acceptors (Lipinski definition) is 2. The average molecular weight is 853 g/mol. The van der Waals surface area contributed by atoms with Crippen molar-refractivity contribution in [2.45, 2.75) is 92.4 Å². The molecule has 0 bridgehead atoms. The standard InChI is InChI=1S/C54H64N2Si4/c1-37-29-51(55(39-21-17-15-18-22-39)41-31-43(57(3,4)5)35-44(32-41)58(6,7)8)49-28-26-48-38(2)30-52(50-27-25-47(37)53(49)54(48)50)56(40-23-19-16-20-24-40)42-33-45(59(9,10)11)36-46(34-42)60(12,13)14/h15-36H,1-14H3. The van der Waals surface area contributed by atoms with Gasteiger partial charge in [-0.05, 0) is 107 Å². The van der Waals surface area contributed by atoms with E-state index in [1.807, 2.05) is 0 Å². The summed E-state index contributed by atoms with van der Waals surface area (Å²) < 4.78 is 0. The highest BCUT2D eigenvalue weighted by molar-refractivity contribution is 6.92. The van der Waals surface area contributed by atoms with Gasteiger partial charge in [-0.1, -0.05) is 172 Å². The summed E-state index contributed by atoms with van der Waals surface area (Å²) in [6.45, 7) is 34.5. The first-order valence-corrected chi connectivity index (χ1v) is 35.9. The summed E-state index contributed by atoms with van der Waals surface area (Å²) in [5, 5.41) is 14.0. The topological polar surface area (TPSA) is 6.48 Å². The van der Waals surface area contributed by atoms with Crippen LogP contribution in [0.25, 0.3) is 32.3 Å². The van der Waals surface area contributed by atoms with Crippen molar-refractivity contribution in [3.05, 3.63) is 145 Å². The van der Waals surface area contributed by atoms with Crippen molar-refractivity contribution in [1.29, 1.82) is 0 Å². The number of benzene rings is 8. The summed E-state index contributed by atoms with van der Waals surface area (Å²) in [5.74, 6) is 0. The van der Waals surface area contributed by atoms with E-state index < -0.39 is 32.3 Å². The molecule has 0 amide bonds. The first-order valence-electron chi connectivity index (χ1n) is 21.9. The van der Waals surface area contributed by atoms with Crippen molar-refractivity contribution < 1.29 is 0 Å². The molecule has 0 N–H and O–H groups in total. The molecule has 306 valence electrons. The van der Waals surface area contributed by atoms with E-state index in [4.69, 9.17) is 0 Å². The summed E-state index contributed by atoms with van der Waals surface area (Å²) in [5.41, 5.74) is 9.97. The van der Waals surface area contributed by atoms with E-state index in [1.165, 1.54) is 98.3 Å². The van der Waals surface area contributed by atoms with E-state index in [0.29, 0.717) is 0 Å². The second-order valence-electron chi connectivity index (χ2n) is 21.4. The number of aryl methyl sites for hydroxylation is 2. The maximum atomic E-state index is 2.57. The normalized spacial score (nSPS) is 12.8. The van der Waals surface area contributed by atoms with Crippen LogP contribution in [-0.4, -0.2) is 32.3 Å². The first kappa shape index (κ1) is 42.0. The van der Waals surface area contributed by atoms with Gasteiger partial charge >= 0.3 is 0 Å². The Balaban J connectivity index is 1.47. The fourth-order valence-corrected chi connectivity index (χ4v) is 13.9. The van der Waals surface area contributed by atoms with Gasteiger partial charge in [-0.25, -0.2) is 0 Å². The van der Waals surface area contributed by atoms with E-state index in [-0.39, 0.29) is 0 Å². The van der Waals surface area contributed by atoms with Crippen molar-refractivity contribution in [2.24, 2.45) is 0 Å². The molecule has 0 radical (unpaired) electrons. The van der Waals surface area contributed by atoms with Crippen LogP contribution < -0.4 is 30.5 Å². The van der Waals surface area contributed by atoms with Crippen LogP contribution in [0.4, 0.5) is 34.1 Å². The molecule has 8 rings (SSSR count). The molecule has 0 heterocycles. The number of hydrogen-bond donors (Lipinski definition) is 0. The maximum Gasteiger partial charge on any atom is 0.0776 e. The van der Waals surface area contributed by atoms with E-state index in [9.17, 15) is 0 Å². The lowest BCUT2D eigenvalue weighted by molar-refractivity contribution is 1.29. The molecule has 8 aromatic carbocycles. The molecule has 2 nitrogen and oxygen atoms in total. The van der Waals surface area contributed by atoms with Gasteiger partial charge in [-0.3, -0.25) is 0 Å². The molecule has 0 spiro atoms. The van der Waals surface area contributed by atoms with Gasteiger partial charge in [0.05, 0.1) is 43.7 Å². The Kier molecular flexibility index (Phi) is 10.5. The lowest BCUT2D eigenvalue weighted by atomic mass is 9.88. The molecule has 8 aromatic rings. The quantitative estimate of drug-likeness (QED) is 0.0999. The van der Waals surface area contributed by atoms with Crippen LogP contribution in [0.5, 0.6) is 0 Å². The molecule has 0 saturated heterocycles. The van der Waals surface area contributed by atoms with Crippen LogP contribution in [0.3, 0.4) is 0 Å². The predicted octanol–water partition coefficient (Wildman–Crippen LogP) is 14.3. The average Bonchev–Trinajstić information content (AvgIpc) is 3.18. The number of nitrogens with zero attached hydrogens (tertiary/aromatic N) is 2. The second kappa shape index (κ2) is 15.0. The molecule has 0 atom stereocenters. The zero-order valence-electron chi connectivity index (χ0n) is 38.6. The fourth-order valence-electron chi connectivity index (χ4n) is 8.89. The molecule has 0 saturated carbocycles. The molecular formula is C54H64N2Si4. The van der Waals surface area contributed by atoms with Crippen molar-refractivity contribution in [1.82, 2.24) is 0 Å². The Labute approximate surface area is 364 Å². The zero-order valence-corrected chi connectivity index (χ0v) is 42.6.